The van der Waals surface area contributed by atoms with Crippen LogP contribution >= 0.6 is 0 Å². The minimum absolute atomic E-state index is 0.142. The Morgan fingerprint density at radius 1 is 1.16 bits per heavy atom. The number of hydrogen-bond donors (Lipinski definition) is 2. The number of nitrogens with one attached hydrogen (secondary N) is 2. The van der Waals surface area contributed by atoms with Crippen LogP contribution in [0.3, 0.4) is 0 Å². The molecule has 1 atom stereocenters. The summed E-state index contributed by atoms with van der Waals surface area (Å²) in [4.78, 5) is 12.9. The lowest BCUT2D eigenvalue weighted by molar-refractivity contribution is 0.102. The first-order valence-electron chi connectivity index (χ1n) is 10.1. The molecule has 0 radical (unpaired) electrons. The predicted octanol–water partition coefficient (Wildman–Crippen LogP) is 4.68. The summed E-state index contributed by atoms with van der Waals surface area (Å²) in [5.41, 5.74) is 5.31. The van der Waals surface area contributed by atoms with Gasteiger partial charge in [0.05, 0.1) is 23.6 Å². The molecule has 0 fully saturated rings. The third-order valence-electron chi connectivity index (χ3n) is 5.11. The van der Waals surface area contributed by atoms with Crippen LogP contribution in [0.2, 0.25) is 0 Å². The van der Waals surface area contributed by atoms with E-state index in [2.05, 4.69) is 25.8 Å². The van der Waals surface area contributed by atoms with Crippen LogP contribution in [0, 0.1) is 19.7 Å². The maximum Gasteiger partial charge on any atom is 0.277 e. The monoisotopic (exact) mass is 418 g/mol. The number of carbonyl (C=O) groups is 1. The van der Waals surface area contributed by atoms with Gasteiger partial charge in [0, 0.05) is 11.3 Å². The smallest absolute Gasteiger partial charge is 0.277 e. The molecule has 4 aromatic rings. The number of rotatable bonds is 6. The van der Waals surface area contributed by atoms with E-state index < -0.39 is 0 Å². The highest BCUT2D eigenvalue weighted by Crippen LogP contribution is 2.29. The highest BCUT2D eigenvalue weighted by Gasteiger charge is 2.19. The van der Waals surface area contributed by atoms with E-state index in [0.29, 0.717) is 5.69 Å². The molecular formula is C23H23FN6O. The Morgan fingerprint density at radius 2 is 1.94 bits per heavy atom. The van der Waals surface area contributed by atoms with Gasteiger partial charge in [0.25, 0.3) is 5.91 Å². The van der Waals surface area contributed by atoms with Gasteiger partial charge in [-0.2, -0.15) is 5.10 Å². The van der Waals surface area contributed by atoms with Gasteiger partial charge < -0.3 is 5.32 Å². The van der Waals surface area contributed by atoms with Gasteiger partial charge in [-0.1, -0.05) is 35.9 Å². The van der Waals surface area contributed by atoms with E-state index in [9.17, 15) is 9.18 Å². The molecule has 7 nitrogen and oxygen atoms in total. The molecule has 158 valence electrons. The van der Waals surface area contributed by atoms with Crippen molar-refractivity contribution >= 4 is 11.6 Å². The highest BCUT2D eigenvalue weighted by molar-refractivity contribution is 6.04. The van der Waals surface area contributed by atoms with Crippen molar-refractivity contribution in [3.8, 4) is 11.3 Å². The number of H-pyrrole nitrogens is 1. The normalized spacial score (nSPS) is 12.0. The Balaban J connectivity index is 1.58. The lowest BCUT2D eigenvalue weighted by atomic mass is 10.0. The van der Waals surface area contributed by atoms with Crippen LogP contribution in [0.25, 0.3) is 11.3 Å². The number of aryl methyl sites for hydroxylation is 2. The summed E-state index contributed by atoms with van der Waals surface area (Å²) in [5.74, 6) is -0.657. The molecule has 0 aliphatic heterocycles. The van der Waals surface area contributed by atoms with E-state index in [0.717, 1.165) is 34.5 Å². The zero-order chi connectivity index (χ0) is 22.0. The molecule has 2 aromatic carbocycles. The third kappa shape index (κ3) is 4.37. The molecule has 0 aliphatic rings. The standard InChI is InChI=1S/C23H23FN6O/c1-4-22(16-6-8-17(24)9-7-16)30-13-21(28-29-30)23(31)25-19-10-5-14(2)11-18(19)20-12-15(3)26-27-20/h5-13,22H,4H2,1-3H3,(H,25,31)(H,26,27)/t22-/m1/s1. The second kappa shape index (κ2) is 8.51. The maximum atomic E-state index is 13.3. The van der Waals surface area contributed by atoms with Gasteiger partial charge in [0.2, 0.25) is 0 Å². The largest absolute Gasteiger partial charge is 0.320 e. The van der Waals surface area contributed by atoms with Gasteiger partial charge in [-0.05, 0) is 56.2 Å². The van der Waals surface area contributed by atoms with Gasteiger partial charge in [0.1, 0.15) is 5.82 Å². The lowest BCUT2D eigenvalue weighted by Crippen LogP contribution is -2.14. The Bertz CT molecular complexity index is 1210. The molecular weight excluding hydrogens is 395 g/mol. The number of halogens is 1. The van der Waals surface area contributed by atoms with Crippen molar-refractivity contribution in [1.82, 2.24) is 25.2 Å². The molecule has 8 heteroatoms. The molecule has 1 amide bonds. The highest BCUT2D eigenvalue weighted by atomic mass is 19.1. The van der Waals surface area contributed by atoms with E-state index >= 15 is 0 Å². The Kier molecular flexibility index (Phi) is 5.62. The molecule has 4 rings (SSSR count). The topological polar surface area (TPSA) is 88.5 Å². The average Bonchev–Trinajstić information content (AvgIpc) is 3.41. The van der Waals surface area contributed by atoms with Gasteiger partial charge in [0.15, 0.2) is 5.69 Å². The zero-order valence-corrected chi connectivity index (χ0v) is 17.6. The summed E-state index contributed by atoms with van der Waals surface area (Å²) in [7, 11) is 0. The quantitative estimate of drug-likeness (QED) is 0.476. The van der Waals surface area contributed by atoms with Gasteiger partial charge in [-0.15, -0.1) is 5.10 Å². The maximum absolute atomic E-state index is 13.3. The zero-order valence-electron chi connectivity index (χ0n) is 17.6. The summed E-state index contributed by atoms with van der Waals surface area (Å²) in [6, 6.07) is 13.8. The van der Waals surface area contributed by atoms with Crippen molar-refractivity contribution < 1.29 is 9.18 Å². The number of benzene rings is 2. The van der Waals surface area contributed by atoms with Crippen molar-refractivity contribution in [3.05, 3.63) is 83.1 Å². The number of aromatic nitrogens is 5. The van der Waals surface area contributed by atoms with E-state index in [4.69, 9.17) is 0 Å². The minimum Gasteiger partial charge on any atom is -0.320 e. The lowest BCUT2D eigenvalue weighted by Gasteiger charge is -2.15. The summed E-state index contributed by atoms with van der Waals surface area (Å²) in [6.45, 7) is 5.91. The minimum atomic E-state index is -0.363. The van der Waals surface area contributed by atoms with E-state index in [1.54, 1.807) is 23.0 Å². The summed E-state index contributed by atoms with van der Waals surface area (Å²) in [6.07, 6.45) is 2.33. The Labute approximate surface area is 179 Å². The van der Waals surface area contributed by atoms with Crippen LogP contribution in [0.4, 0.5) is 10.1 Å². The Hall–Kier alpha value is -3.81. The average molecular weight is 418 g/mol. The summed E-state index contributed by atoms with van der Waals surface area (Å²) in [5, 5.41) is 18.4. The van der Waals surface area contributed by atoms with E-state index in [1.165, 1.54) is 12.1 Å². The first-order valence-corrected chi connectivity index (χ1v) is 10.1. The number of amides is 1. The van der Waals surface area contributed by atoms with E-state index in [1.807, 2.05) is 45.0 Å². The van der Waals surface area contributed by atoms with Crippen LogP contribution in [0.1, 0.15) is 46.7 Å². The van der Waals surface area contributed by atoms with Crippen molar-refractivity contribution in [2.45, 2.75) is 33.2 Å². The molecule has 0 saturated carbocycles. The van der Waals surface area contributed by atoms with Crippen molar-refractivity contribution in [3.63, 3.8) is 0 Å². The van der Waals surface area contributed by atoms with Gasteiger partial charge >= 0.3 is 0 Å². The third-order valence-corrected chi connectivity index (χ3v) is 5.11. The number of aromatic amines is 1. The van der Waals surface area contributed by atoms with Gasteiger partial charge in [-0.25, -0.2) is 9.07 Å². The molecule has 0 aliphatic carbocycles. The molecule has 0 bridgehead atoms. The summed E-state index contributed by atoms with van der Waals surface area (Å²) >= 11 is 0. The first-order chi connectivity index (χ1) is 14.9. The molecule has 2 heterocycles. The van der Waals surface area contributed by atoms with Crippen LogP contribution in [0.15, 0.2) is 54.7 Å². The SMILES string of the molecule is CC[C@H](c1ccc(F)cc1)n1cc(C(=O)Nc2ccc(C)cc2-c2cc(C)[nH]n2)nn1. The van der Waals surface area contributed by atoms with E-state index in [-0.39, 0.29) is 23.5 Å². The van der Waals surface area contributed by atoms with Crippen molar-refractivity contribution in [1.29, 1.82) is 0 Å². The molecule has 2 aromatic heterocycles. The number of anilines is 1. The first kappa shape index (κ1) is 20.5. The van der Waals surface area contributed by atoms with Crippen molar-refractivity contribution in [2.24, 2.45) is 0 Å². The second-order valence-corrected chi connectivity index (χ2v) is 7.50. The number of carbonyl (C=O) groups excluding carboxylic acids is 1. The second-order valence-electron chi connectivity index (χ2n) is 7.50. The van der Waals surface area contributed by atoms with Crippen LogP contribution in [0.5, 0.6) is 0 Å². The fourth-order valence-electron chi connectivity index (χ4n) is 3.51. The molecule has 31 heavy (non-hydrogen) atoms. The summed E-state index contributed by atoms with van der Waals surface area (Å²) < 4.78 is 14.9. The number of hydrogen-bond acceptors (Lipinski definition) is 4. The molecule has 0 spiro atoms. The van der Waals surface area contributed by atoms with Gasteiger partial charge in [-0.3, -0.25) is 9.89 Å². The number of nitrogens with zero attached hydrogens (tertiary/aromatic N) is 4. The fourth-order valence-corrected chi connectivity index (χ4v) is 3.51. The van der Waals surface area contributed by atoms with Crippen LogP contribution < -0.4 is 5.32 Å². The fraction of sp³-hybridized carbons (Fsp3) is 0.217. The van der Waals surface area contributed by atoms with Crippen LogP contribution in [-0.2, 0) is 0 Å². The molecule has 0 saturated heterocycles. The Morgan fingerprint density at radius 3 is 2.61 bits per heavy atom. The molecule has 2 N–H and O–H groups in total. The molecule has 0 unspecified atom stereocenters. The predicted molar refractivity (Wildman–Crippen MR) is 116 cm³/mol. The van der Waals surface area contributed by atoms with Crippen molar-refractivity contribution in [2.75, 3.05) is 5.32 Å². The van der Waals surface area contributed by atoms with Crippen LogP contribution in [-0.4, -0.2) is 31.1 Å².